The predicted octanol–water partition coefficient (Wildman–Crippen LogP) is -0.0533. The second-order valence-corrected chi connectivity index (χ2v) is 3.96. The molecule has 0 spiro atoms. The van der Waals surface area contributed by atoms with E-state index in [0.717, 1.165) is 13.1 Å². The molecular weight excluding hydrogens is 180 g/mol. The van der Waals surface area contributed by atoms with Crippen LogP contribution in [0.15, 0.2) is 0 Å². The molecule has 0 bridgehead atoms. The smallest absolute Gasteiger partial charge is 0.225 e. The summed E-state index contributed by atoms with van der Waals surface area (Å²) >= 11 is 0. The Hall–Kier alpha value is -0.610. The van der Waals surface area contributed by atoms with Gasteiger partial charge >= 0.3 is 0 Å². The van der Waals surface area contributed by atoms with Crippen LogP contribution in [0, 0.1) is 11.8 Å². The lowest BCUT2D eigenvalue weighted by atomic mass is 9.88. The Bertz CT molecular complexity index is 193. The summed E-state index contributed by atoms with van der Waals surface area (Å²) in [5.74, 6) is 0.888. The van der Waals surface area contributed by atoms with Crippen LogP contribution in [0.2, 0.25) is 0 Å². The van der Waals surface area contributed by atoms with Crippen molar-refractivity contribution in [3.05, 3.63) is 0 Å². The van der Waals surface area contributed by atoms with Gasteiger partial charge in [-0.05, 0) is 19.0 Å². The summed E-state index contributed by atoms with van der Waals surface area (Å²) in [6, 6.07) is 0. The summed E-state index contributed by atoms with van der Waals surface area (Å²) < 4.78 is 4.94. The van der Waals surface area contributed by atoms with Gasteiger partial charge in [0.05, 0.1) is 6.61 Å². The van der Waals surface area contributed by atoms with Crippen LogP contribution in [0.25, 0.3) is 0 Å². The highest BCUT2D eigenvalue weighted by molar-refractivity contribution is 5.78. The van der Waals surface area contributed by atoms with E-state index in [9.17, 15) is 4.79 Å². The van der Waals surface area contributed by atoms with Gasteiger partial charge < -0.3 is 15.0 Å². The molecule has 1 unspecified atom stereocenters. The van der Waals surface area contributed by atoms with Crippen LogP contribution in [0.5, 0.6) is 0 Å². The normalized spacial score (nSPS) is 18.8. The van der Waals surface area contributed by atoms with Crippen molar-refractivity contribution in [1.29, 1.82) is 0 Å². The lowest BCUT2D eigenvalue weighted by Crippen LogP contribution is -2.50. The molecule has 4 nitrogen and oxygen atoms in total. The minimum Gasteiger partial charge on any atom is -0.383 e. The van der Waals surface area contributed by atoms with Crippen molar-refractivity contribution < 1.29 is 9.53 Å². The van der Waals surface area contributed by atoms with Crippen molar-refractivity contribution in [2.24, 2.45) is 11.8 Å². The van der Waals surface area contributed by atoms with Crippen LogP contribution in [-0.4, -0.2) is 51.2 Å². The fraction of sp³-hybridized carbons (Fsp3) is 0.900. The molecule has 1 amide bonds. The lowest BCUT2D eigenvalue weighted by molar-refractivity contribution is -0.136. The minimum absolute atomic E-state index is 0.137. The number of carbonyl (C=O) groups excluding carboxylic acids is 1. The van der Waals surface area contributed by atoms with Gasteiger partial charge in [-0.1, -0.05) is 6.92 Å². The van der Waals surface area contributed by atoms with E-state index in [1.54, 1.807) is 12.0 Å². The highest BCUT2D eigenvalue weighted by Gasteiger charge is 2.30. The summed E-state index contributed by atoms with van der Waals surface area (Å²) in [5.41, 5.74) is 0. The summed E-state index contributed by atoms with van der Waals surface area (Å²) in [4.78, 5) is 13.6. The Morgan fingerprint density at radius 2 is 2.29 bits per heavy atom. The zero-order chi connectivity index (χ0) is 10.6. The van der Waals surface area contributed by atoms with Gasteiger partial charge in [-0.15, -0.1) is 0 Å². The number of amides is 1. The Kier molecular flexibility index (Phi) is 4.35. The molecule has 14 heavy (non-hydrogen) atoms. The molecule has 1 heterocycles. The Balaban J connectivity index is 2.30. The first-order valence-corrected chi connectivity index (χ1v) is 5.11. The molecule has 1 atom stereocenters. The number of nitrogens with zero attached hydrogens (tertiary/aromatic N) is 1. The monoisotopic (exact) mass is 200 g/mol. The second kappa shape index (κ2) is 5.32. The van der Waals surface area contributed by atoms with Crippen molar-refractivity contribution in [3.63, 3.8) is 0 Å². The molecule has 4 heteroatoms. The number of carbonyl (C=O) groups is 1. The van der Waals surface area contributed by atoms with E-state index < -0.39 is 0 Å². The first kappa shape index (κ1) is 11.5. The maximum Gasteiger partial charge on any atom is 0.225 e. The van der Waals surface area contributed by atoms with Gasteiger partial charge in [-0.2, -0.15) is 0 Å². The Morgan fingerprint density at radius 3 is 2.71 bits per heavy atom. The molecule has 0 aromatic rings. The van der Waals surface area contributed by atoms with Crippen LogP contribution >= 0.6 is 0 Å². The van der Waals surface area contributed by atoms with Gasteiger partial charge in [0, 0.05) is 26.6 Å². The van der Waals surface area contributed by atoms with Crippen molar-refractivity contribution in [2.75, 3.05) is 40.4 Å². The molecule has 0 aromatic heterocycles. The van der Waals surface area contributed by atoms with Crippen molar-refractivity contribution in [2.45, 2.75) is 6.92 Å². The first-order valence-electron chi connectivity index (χ1n) is 5.11. The van der Waals surface area contributed by atoms with E-state index in [1.807, 2.05) is 14.0 Å². The molecule has 1 fully saturated rings. The molecule has 0 radical (unpaired) electrons. The van der Waals surface area contributed by atoms with Crippen molar-refractivity contribution in [3.8, 4) is 0 Å². The van der Waals surface area contributed by atoms with Gasteiger partial charge in [0.1, 0.15) is 0 Å². The van der Waals surface area contributed by atoms with Crippen molar-refractivity contribution in [1.82, 2.24) is 10.2 Å². The van der Waals surface area contributed by atoms with Crippen LogP contribution in [0.4, 0.5) is 0 Å². The van der Waals surface area contributed by atoms with Gasteiger partial charge in [0.2, 0.25) is 5.91 Å². The molecule has 0 saturated carbocycles. The van der Waals surface area contributed by atoms with Gasteiger partial charge in [-0.25, -0.2) is 0 Å². The van der Waals surface area contributed by atoms with E-state index in [2.05, 4.69) is 5.32 Å². The number of likely N-dealkylation sites (N-methyl/N-ethyl adjacent to an activating group) is 1. The summed E-state index contributed by atoms with van der Waals surface area (Å²) in [6.07, 6.45) is 0. The maximum absolute atomic E-state index is 11.8. The zero-order valence-electron chi connectivity index (χ0n) is 9.25. The standard InChI is InChI=1S/C10H20N2O2/c1-8(9-6-11-7-9)10(13)12(2)4-5-14-3/h8-9,11H,4-7H2,1-3H3. The maximum atomic E-state index is 11.8. The second-order valence-electron chi connectivity index (χ2n) is 3.96. The average Bonchev–Trinajstić information content (AvgIpc) is 2.10. The third kappa shape index (κ3) is 2.69. The van der Waals surface area contributed by atoms with E-state index >= 15 is 0 Å². The molecule has 1 N–H and O–H groups in total. The lowest BCUT2D eigenvalue weighted by Gasteiger charge is -2.33. The zero-order valence-corrected chi connectivity index (χ0v) is 9.25. The molecule has 82 valence electrons. The fourth-order valence-corrected chi connectivity index (χ4v) is 1.55. The van der Waals surface area contributed by atoms with Gasteiger partial charge in [0.15, 0.2) is 0 Å². The van der Waals surface area contributed by atoms with Crippen LogP contribution in [0.3, 0.4) is 0 Å². The van der Waals surface area contributed by atoms with Crippen molar-refractivity contribution >= 4 is 5.91 Å². The van der Waals surface area contributed by atoms with Crippen LogP contribution in [-0.2, 0) is 9.53 Å². The van der Waals surface area contributed by atoms with Crippen LogP contribution < -0.4 is 5.32 Å². The number of hydrogen-bond acceptors (Lipinski definition) is 3. The average molecular weight is 200 g/mol. The summed E-state index contributed by atoms with van der Waals surface area (Å²) in [6.45, 7) is 5.25. The molecule has 1 aliphatic rings. The molecule has 0 aromatic carbocycles. The highest BCUT2D eigenvalue weighted by Crippen LogP contribution is 2.17. The topological polar surface area (TPSA) is 41.6 Å². The minimum atomic E-state index is 0.137. The molecular formula is C10H20N2O2. The fourth-order valence-electron chi connectivity index (χ4n) is 1.55. The molecule has 0 aliphatic carbocycles. The summed E-state index contributed by atoms with van der Waals surface area (Å²) in [7, 11) is 3.49. The van der Waals surface area contributed by atoms with Gasteiger partial charge in [-0.3, -0.25) is 4.79 Å². The largest absolute Gasteiger partial charge is 0.383 e. The number of ether oxygens (including phenoxy) is 1. The Labute approximate surface area is 85.6 Å². The van der Waals surface area contributed by atoms with E-state index in [0.29, 0.717) is 19.1 Å². The third-order valence-corrected chi connectivity index (χ3v) is 2.92. The number of methoxy groups -OCH3 is 1. The quantitative estimate of drug-likeness (QED) is 0.676. The molecule has 1 saturated heterocycles. The summed E-state index contributed by atoms with van der Waals surface area (Å²) in [5, 5.41) is 3.18. The van der Waals surface area contributed by atoms with Gasteiger partial charge in [0.25, 0.3) is 0 Å². The number of hydrogen-bond donors (Lipinski definition) is 1. The predicted molar refractivity (Wildman–Crippen MR) is 55.0 cm³/mol. The van der Waals surface area contributed by atoms with E-state index in [-0.39, 0.29) is 11.8 Å². The molecule has 1 rings (SSSR count). The SMILES string of the molecule is COCCN(C)C(=O)C(C)C1CNC1. The number of nitrogens with one attached hydrogen (secondary N) is 1. The number of rotatable bonds is 5. The Morgan fingerprint density at radius 1 is 1.64 bits per heavy atom. The van der Waals surface area contributed by atoms with Crippen LogP contribution in [0.1, 0.15) is 6.92 Å². The molecule has 1 aliphatic heterocycles. The third-order valence-electron chi connectivity index (χ3n) is 2.92. The first-order chi connectivity index (χ1) is 6.66. The van der Waals surface area contributed by atoms with E-state index in [4.69, 9.17) is 4.74 Å². The van der Waals surface area contributed by atoms with E-state index in [1.165, 1.54) is 0 Å². The highest BCUT2D eigenvalue weighted by atomic mass is 16.5.